The number of para-hydroxylation sites is 2. The second kappa shape index (κ2) is 17.6. The van der Waals surface area contributed by atoms with E-state index in [4.69, 9.17) is 34.1 Å². The van der Waals surface area contributed by atoms with Crippen LogP contribution in [0.3, 0.4) is 0 Å². The molecular weight excluding hydrogens is 665 g/mol. The van der Waals surface area contributed by atoms with E-state index in [0.717, 1.165) is 55.9 Å². The Morgan fingerprint density at radius 3 is 2.02 bits per heavy atom. The number of pyridine rings is 2. The molecule has 0 amide bonds. The molecule has 0 bridgehead atoms. The maximum absolute atomic E-state index is 6.05. The molecule has 0 fully saturated rings. The molecule has 0 saturated heterocycles. The lowest BCUT2D eigenvalue weighted by atomic mass is 10.2. The third kappa shape index (κ3) is 9.25. The fourth-order valence-corrected chi connectivity index (χ4v) is 5.57. The molecule has 53 heavy (non-hydrogen) atoms. The monoisotopic (exact) mass is 702 g/mol. The van der Waals surface area contributed by atoms with Gasteiger partial charge in [0.05, 0.1) is 37.4 Å². The first-order chi connectivity index (χ1) is 26.2. The third-order valence-electron chi connectivity index (χ3n) is 8.25. The van der Waals surface area contributed by atoms with Crippen LogP contribution in [0.5, 0.6) is 5.75 Å². The zero-order chi connectivity index (χ0) is 36.1. The van der Waals surface area contributed by atoms with Crippen LogP contribution < -0.4 is 15.0 Å². The highest BCUT2D eigenvalue weighted by Crippen LogP contribution is 2.27. The van der Waals surface area contributed by atoms with Crippen molar-refractivity contribution < 1.29 is 14.2 Å². The van der Waals surface area contributed by atoms with Crippen molar-refractivity contribution in [2.75, 3.05) is 63.4 Å². The minimum Gasteiger partial charge on any atom is -0.492 e. The van der Waals surface area contributed by atoms with Crippen molar-refractivity contribution in [1.82, 2.24) is 29.9 Å². The Morgan fingerprint density at radius 2 is 1.30 bits per heavy atom. The van der Waals surface area contributed by atoms with Crippen LogP contribution in [0.25, 0.3) is 44.6 Å². The second-order valence-electron chi connectivity index (χ2n) is 12.0. The van der Waals surface area contributed by atoms with Gasteiger partial charge in [-0.15, -0.1) is 0 Å². The van der Waals surface area contributed by atoms with Crippen molar-refractivity contribution in [3.05, 3.63) is 127 Å². The topological polar surface area (TPSA) is 120 Å². The van der Waals surface area contributed by atoms with Gasteiger partial charge >= 0.3 is 0 Å². The maximum Gasteiger partial charge on any atom is 0.163 e. The van der Waals surface area contributed by atoms with Crippen LogP contribution in [-0.4, -0.2) is 83.1 Å². The largest absolute Gasteiger partial charge is 0.492 e. The Bertz CT molecular complexity index is 2310. The van der Waals surface area contributed by atoms with Crippen LogP contribution in [0, 0.1) is 11.8 Å². The molecule has 0 spiro atoms. The number of hydrogen-bond acceptors (Lipinski definition) is 11. The number of hydrogen-bond donors (Lipinski definition) is 1. The first kappa shape index (κ1) is 34.9. The lowest BCUT2D eigenvalue weighted by Gasteiger charge is -2.21. The summed E-state index contributed by atoms with van der Waals surface area (Å²) in [5, 5.41) is 5.33. The van der Waals surface area contributed by atoms with Crippen LogP contribution in [0.15, 0.2) is 122 Å². The van der Waals surface area contributed by atoms with E-state index in [0.29, 0.717) is 57.8 Å². The van der Waals surface area contributed by atoms with E-state index < -0.39 is 0 Å². The van der Waals surface area contributed by atoms with Gasteiger partial charge < -0.3 is 24.4 Å². The quantitative estimate of drug-likeness (QED) is 0.0907. The smallest absolute Gasteiger partial charge is 0.163 e. The van der Waals surface area contributed by atoms with Gasteiger partial charge in [0.15, 0.2) is 11.6 Å². The van der Waals surface area contributed by atoms with Crippen molar-refractivity contribution >= 4 is 33.4 Å². The predicted molar refractivity (Wildman–Crippen MR) is 208 cm³/mol. The van der Waals surface area contributed by atoms with Gasteiger partial charge in [0.25, 0.3) is 0 Å². The maximum atomic E-state index is 6.05. The van der Waals surface area contributed by atoms with Gasteiger partial charge in [0, 0.05) is 65.8 Å². The minimum atomic E-state index is 0.316. The molecule has 7 aromatic rings. The molecule has 0 aliphatic rings. The highest BCUT2D eigenvalue weighted by molar-refractivity contribution is 5.91. The van der Waals surface area contributed by atoms with E-state index in [2.05, 4.69) is 32.0 Å². The summed E-state index contributed by atoms with van der Waals surface area (Å²) in [7, 11) is 2.01. The van der Waals surface area contributed by atoms with E-state index in [1.165, 1.54) is 0 Å². The molecule has 0 unspecified atom stereocenters. The van der Waals surface area contributed by atoms with E-state index in [-0.39, 0.29) is 0 Å². The molecule has 11 nitrogen and oxygen atoms in total. The standard InChI is InChI=1S/C42H38N8O3/c1-50(42-36-13-3-5-15-38(36)47-40(49-42)33-11-7-21-44-30-33)23-26-53-34-18-16-31(17-19-34)9-8-24-51-27-28-52-25-22-45-41-35-12-2-4-14-37(35)46-39(48-41)32-10-6-20-43-29-32/h2-7,10-21,29-30H,22-28H2,1H3,(H,45,46,48). The summed E-state index contributed by atoms with van der Waals surface area (Å²) in [6, 6.07) is 31.4. The van der Waals surface area contributed by atoms with Gasteiger partial charge in [-0.25, -0.2) is 19.9 Å². The van der Waals surface area contributed by atoms with Crippen molar-refractivity contribution in [2.24, 2.45) is 0 Å². The van der Waals surface area contributed by atoms with Crippen molar-refractivity contribution in [1.29, 1.82) is 0 Å². The Labute approximate surface area is 308 Å². The summed E-state index contributed by atoms with van der Waals surface area (Å²) >= 11 is 0. The molecule has 4 aromatic heterocycles. The van der Waals surface area contributed by atoms with Gasteiger partial charge in [0.1, 0.15) is 30.6 Å². The Hall–Kier alpha value is -6.48. The van der Waals surface area contributed by atoms with Crippen LogP contribution in [0.4, 0.5) is 11.6 Å². The average Bonchev–Trinajstić information content (AvgIpc) is 3.22. The Balaban J connectivity index is 0.811. The molecule has 7 rings (SSSR count). The fourth-order valence-electron chi connectivity index (χ4n) is 5.57. The number of benzene rings is 3. The zero-order valence-corrected chi connectivity index (χ0v) is 29.4. The van der Waals surface area contributed by atoms with E-state index in [1.807, 2.05) is 104 Å². The summed E-state index contributed by atoms with van der Waals surface area (Å²) in [6.45, 7) is 3.46. The number of nitrogens with one attached hydrogen (secondary N) is 1. The summed E-state index contributed by atoms with van der Waals surface area (Å²) in [5.41, 5.74) is 4.38. The van der Waals surface area contributed by atoms with Crippen molar-refractivity contribution in [2.45, 2.75) is 0 Å². The number of likely N-dealkylation sites (N-methyl/N-ethyl adjacent to an activating group) is 1. The highest BCUT2D eigenvalue weighted by Gasteiger charge is 2.13. The lowest BCUT2D eigenvalue weighted by Crippen LogP contribution is -2.25. The van der Waals surface area contributed by atoms with Crippen LogP contribution in [0.2, 0.25) is 0 Å². The van der Waals surface area contributed by atoms with Gasteiger partial charge in [-0.05, 0) is 72.8 Å². The SMILES string of the molecule is CN(CCOc1ccc(C#CCOCCOCCNc2nc(-c3cccnc3)nc3ccccc23)cc1)c1nc(-c2cccnc2)nc2ccccc12. The summed E-state index contributed by atoms with van der Waals surface area (Å²) in [5.74, 6) is 9.86. The summed E-state index contributed by atoms with van der Waals surface area (Å²) < 4.78 is 17.5. The molecule has 264 valence electrons. The number of aromatic nitrogens is 6. The lowest BCUT2D eigenvalue weighted by molar-refractivity contribution is 0.0647. The molecule has 1 N–H and O–H groups in total. The van der Waals surface area contributed by atoms with E-state index in [9.17, 15) is 0 Å². The molecule has 0 aliphatic carbocycles. The van der Waals surface area contributed by atoms with Gasteiger partial charge in [0.2, 0.25) is 0 Å². The molecule has 0 aliphatic heterocycles. The van der Waals surface area contributed by atoms with Crippen LogP contribution in [0.1, 0.15) is 5.56 Å². The molecule has 4 heterocycles. The molecule has 11 heteroatoms. The van der Waals surface area contributed by atoms with E-state index in [1.54, 1.807) is 24.8 Å². The number of nitrogens with zero attached hydrogens (tertiary/aromatic N) is 7. The number of rotatable bonds is 15. The first-order valence-corrected chi connectivity index (χ1v) is 17.4. The molecule has 0 saturated carbocycles. The molecule has 0 radical (unpaired) electrons. The van der Waals surface area contributed by atoms with Gasteiger partial charge in [-0.3, -0.25) is 9.97 Å². The molecular formula is C42H38N8O3. The predicted octanol–water partition coefficient (Wildman–Crippen LogP) is 6.71. The Morgan fingerprint density at radius 1 is 0.642 bits per heavy atom. The van der Waals surface area contributed by atoms with Crippen molar-refractivity contribution in [3.8, 4) is 40.4 Å². The fraction of sp³-hybridized carbons (Fsp3) is 0.190. The van der Waals surface area contributed by atoms with Gasteiger partial charge in [-0.2, -0.15) is 0 Å². The Kier molecular flexibility index (Phi) is 11.6. The summed E-state index contributed by atoms with van der Waals surface area (Å²) in [4.78, 5) is 29.6. The number of anilines is 2. The van der Waals surface area contributed by atoms with Gasteiger partial charge in [-0.1, -0.05) is 36.1 Å². The molecule has 3 aromatic carbocycles. The minimum absolute atomic E-state index is 0.316. The third-order valence-corrected chi connectivity index (χ3v) is 8.25. The average molecular weight is 703 g/mol. The first-order valence-electron chi connectivity index (χ1n) is 17.4. The molecule has 0 atom stereocenters. The second-order valence-corrected chi connectivity index (χ2v) is 12.0. The zero-order valence-electron chi connectivity index (χ0n) is 29.4. The van der Waals surface area contributed by atoms with Crippen molar-refractivity contribution in [3.63, 3.8) is 0 Å². The number of fused-ring (bicyclic) bond motifs is 2. The summed E-state index contributed by atoms with van der Waals surface area (Å²) in [6.07, 6.45) is 7.02. The highest BCUT2D eigenvalue weighted by atomic mass is 16.5. The van der Waals surface area contributed by atoms with Crippen LogP contribution >= 0.6 is 0 Å². The van der Waals surface area contributed by atoms with E-state index >= 15 is 0 Å². The van der Waals surface area contributed by atoms with Crippen LogP contribution in [-0.2, 0) is 9.47 Å². The normalized spacial score (nSPS) is 10.9. The number of ether oxygens (including phenoxy) is 3.